The lowest BCUT2D eigenvalue weighted by Crippen LogP contribution is -2.59. The SMILES string of the molecule is CNC1CCOC(CNC2CCOCC2N(C)C(C)=O)C1OC. The third kappa shape index (κ3) is 4.64. The first-order valence-corrected chi connectivity index (χ1v) is 8.44. The van der Waals surface area contributed by atoms with E-state index >= 15 is 0 Å². The van der Waals surface area contributed by atoms with E-state index in [4.69, 9.17) is 14.2 Å². The minimum atomic E-state index is 0.0114. The van der Waals surface area contributed by atoms with Crippen LogP contribution in [0.3, 0.4) is 0 Å². The molecule has 23 heavy (non-hydrogen) atoms. The summed E-state index contributed by atoms with van der Waals surface area (Å²) in [5.41, 5.74) is 0. The summed E-state index contributed by atoms with van der Waals surface area (Å²) < 4.78 is 17.1. The molecule has 5 unspecified atom stereocenters. The highest BCUT2D eigenvalue weighted by Gasteiger charge is 2.35. The van der Waals surface area contributed by atoms with E-state index in [1.165, 1.54) is 0 Å². The molecule has 0 aromatic heterocycles. The fourth-order valence-corrected chi connectivity index (χ4v) is 3.51. The largest absolute Gasteiger partial charge is 0.379 e. The number of ether oxygens (including phenoxy) is 3. The summed E-state index contributed by atoms with van der Waals surface area (Å²) in [6.45, 7) is 4.34. The number of rotatable bonds is 6. The molecule has 0 aromatic rings. The fraction of sp³-hybridized carbons (Fsp3) is 0.938. The highest BCUT2D eigenvalue weighted by molar-refractivity contribution is 5.73. The zero-order chi connectivity index (χ0) is 16.8. The first-order valence-electron chi connectivity index (χ1n) is 8.44. The number of carbonyl (C=O) groups excluding carboxylic acids is 1. The number of methoxy groups -OCH3 is 1. The molecule has 134 valence electrons. The van der Waals surface area contributed by atoms with Gasteiger partial charge in [-0.15, -0.1) is 0 Å². The molecule has 2 fully saturated rings. The van der Waals surface area contributed by atoms with Gasteiger partial charge in [0.2, 0.25) is 5.91 Å². The molecular formula is C16H31N3O4. The molecule has 0 bridgehead atoms. The molecule has 2 heterocycles. The summed E-state index contributed by atoms with van der Waals surface area (Å²) >= 11 is 0. The molecule has 0 radical (unpaired) electrons. The van der Waals surface area contributed by atoms with Crippen LogP contribution < -0.4 is 10.6 Å². The third-order valence-electron chi connectivity index (χ3n) is 5.07. The van der Waals surface area contributed by atoms with Crippen molar-refractivity contribution in [3.8, 4) is 0 Å². The van der Waals surface area contributed by atoms with E-state index in [-0.39, 0.29) is 30.2 Å². The average molecular weight is 329 g/mol. The molecule has 7 nitrogen and oxygen atoms in total. The predicted molar refractivity (Wildman–Crippen MR) is 87.5 cm³/mol. The summed E-state index contributed by atoms with van der Waals surface area (Å²) in [4.78, 5) is 13.4. The zero-order valence-electron chi connectivity index (χ0n) is 14.7. The van der Waals surface area contributed by atoms with Crippen LogP contribution in [0.4, 0.5) is 0 Å². The highest BCUT2D eigenvalue weighted by atomic mass is 16.5. The smallest absolute Gasteiger partial charge is 0.219 e. The summed E-state index contributed by atoms with van der Waals surface area (Å²) in [7, 11) is 5.53. The second-order valence-electron chi connectivity index (χ2n) is 6.37. The summed E-state index contributed by atoms with van der Waals surface area (Å²) in [5.74, 6) is 0.0613. The van der Waals surface area contributed by atoms with Crippen molar-refractivity contribution in [3.63, 3.8) is 0 Å². The van der Waals surface area contributed by atoms with Crippen LogP contribution in [0.5, 0.6) is 0 Å². The molecule has 1 amide bonds. The topological polar surface area (TPSA) is 72.1 Å². The monoisotopic (exact) mass is 329 g/mol. The van der Waals surface area contributed by atoms with Crippen molar-refractivity contribution in [2.75, 3.05) is 47.6 Å². The van der Waals surface area contributed by atoms with Crippen molar-refractivity contribution >= 4 is 5.91 Å². The molecule has 0 aliphatic carbocycles. The lowest BCUT2D eigenvalue weighted by molar-refractivity contribution is -0.133. The van der Waals surface area contributed by atoms with Gasteiger partial charge in [-0.05, 0) is 19.9 Å². The van der Waals surface area contributed by atoms with Gasteiger partial charge in [0.05, 0.1) is 24.9 Å². The molecule has 0 spiro atoms. The molecule has 2 aliphatic rings. The predicted octanol–water partition coefficient (Wildman–Crippen LogP) is -0.396. The van der Waals surface area contributed by atoms with Gasteiger partial charge in [-0.2, -0.15) is 0 Å². The van der Waals surface area contributed by atoms with Crippen molar-refractivity contribution in [2.45, 2.75) is 50.1 Å². The van der Waals surface area contributed by atoms with Crippen molar-refractivity contribution in [2.24, 2.45) is 0 Å². The molecule has 0 saturated carbocycles. The number of nitrogens with one attached hydrogen (secondary N) is 2. The van der Waals surface area contributed by atoms with E-state index in [0.29, 0.717) is 19.2 Å². The van der Waals surface area contributed by atoms with Crippen LogP contribution in [0, 0.1) is 0 Å². The van der Waals surface area contributed by atoms with E-state index in [1.54, 1.807) is 18.9 Å². The van der Waals surface area contributed by atoms with Crippen LogP contribution in [-0.4, -0.2) is 88.7 Å². The highest BCUT2D eigenvalue weighted by Crippen LogP contribution is 2.19. The molecule has 2 aliphatic heterocycles. The van der Waals surface area contributed by atoms with Gasteiger partial charge in [0, 0.05) is 52.9 Å². The van der Waals surface area contributed by atoms with Gasteiger partial charge < -0.3 is 29.7 Å². The van der Waals surface area contributed by atoms with E-state index in [0.717, 1.165) is 26.1 Å². The average Bonchev–Trinajstić information content (AvgIpc) is 2.58. The molecule has 0 aromatic carbocycles. The number of nitrogens with zero attached hydrogens (tertiary/aromatic N) is 1. The minimum absolute atomic E-state index is 0.0114. The van der Waals surface area contributed by atoms with Crippen LogP contribution in [0.15, 0.2) is 0 Å². The van der Waals surface area contributed by atoms with Gasteiger partial charge in [-0.3, -0.25) is 4.79 Å². The van der Waals surface area contributed by atoms with Crippen molar-refractivity contribution in [1.82, 2.24) is 15.5 Å². The van der Waals surface area contributed by atoms with Gasteiger partial charge in [0.1, 0.15) is 0 Å². The van der Waals surface area contributed by atoms with Gasteiger partial charge >= 0.3 is 0 Å². The van der Waals surface area contributed by atoms with Crippen LogP contribution in [-0.2, 0) is 19.0 Å². The fourth-order valence-electron chi connectivity index (χ4n) is 3.51. The summed E-state index contributed by atoms with van der Waals surface area (Å²) in [6, 6.07) is 0.589. The number of hydrogen-bond acceptors (Lipinski definition) is 6. The number of likely N-dealkylation sites (N-methyl/N-ethyl adjacent to an activating group) is 2. The van der Waals surface area contributed by atoms with E-state index in [2.05, 4.69) is 10.6 Å². The maximum Gasteiger partial charge on any atom is 0.219 e. The number of hydrogen-bond donors (Lipinski definition) is 2. The Labute approximate surface area is 139 Å². The Morgan fingerprint density at radius 2 is 2.04 bits per heavy atom. The van der Waals surface area contributed by atoms with Crippen LogP contribution in [0.2, 0.25) is 0 Å². The second kappa shape index (κ2) is 8.94. The van der Waals surface area contributed by atoms with E-state index < -0.39 is 0 Å². The lowest BCUT2D eigenvalue weighted by Gasteiger charge is -2.41. The van der Waals surface area contributed by atoms with Crippen LogP contribution >= 0.6 is 0 Å². The van der Waals surface area contributed by atoms with Crippen LogP contribution in [0.25, 0.3) is 0 Å². The first kappa shape index (κ1) is 18.6. The maximum absolute atomic E-state index is 11.7. The normalized spacial score (nSPS) is 35.0. The standard InChI is InChI=1S/C16H31N3O4/c1-11(20)19(3)14-10-22-7-5-12(14)18-9-15-16(21-4)13(17-2)6-8-23-15/h12-18H,5-10H2,1-4H3. The minimum Gasteiger partial charge on any atom is -0.379 e. The number of carbonyl (C=O) groups is 1. The molecule has 2 N–H and O–H groups in total. The van der Waals surface area contributed by atoms with Crippen molar-refractivity contribution in [1.29, 1.82) is 0 Å². The summed E-state index contributed by atoms with van der Waals surface area (Å²) in [6.07, 6.45) is 1.89. The quantitative estimate of drug-likeness (QED) is 0.691. The Hall–Kier alpha value is -0.730. The van der Waals surface area contributed by atoms with Gasteiger partial charge in [0.25, 0.3) is 0 Å². The molecule has 2 rings (SSSR count). The van der Waals surface area contributed by atoms with Crippen molar-refractivity contribution in [3.05, 3.63) is 0 Å². The van der Waals surface area contributed by atoms with Gasteiger partial charge in [0.15, 0.2) is 0 Å². The van der Waals surface area contributed by atoms with Crippen LogP contribution in [0.1, 0.15) is 19.8 Å². The van der Waals surface area contributed by atoms with Gasteiger partial charge in [-0.25, -0.2) is 0 Å². The Balaban J connectivity index is 1.93. The third-order valence-corrected chi connectivity index (χ3v) is 5.07. The molecule has 7 heteroatoms. The first-order chi connectivity index (χ1) is 11.1. The Bertz CT molecular complexity index is 382. The van der Waals surface area contributed by atoms with E-state index in [1.807, 2.05) is 14.1 Å². The molecular weight excluding hydrogens is 298 g/mol. The Kier molecular flexibility index (Phi) is 7.23. The van der Waals surface area contributed by atoms with Crippen molar-refractivity contribution < 1.29 is 19.0 Å². The van der Waals surface area contributed by atoms with Gasteiger partial charge in [-0.1, -0.05) is 0 Å². The molecule has 5 atom stereocenters. The number of amides is 1. The zero-order valence-corrected chi connectivity index (χ0v) is 14.7. The molecule has 2 saturated heterocycles. The van der Waals surface area contributed by atoms with E-state index in [9.17, 15) is 4.79 Å². The Morgan fingerprint density at radius 3 is 2.70 bits per heavy atom. The summed E-state index contributed by atoms with van der Waals surface area (Å²) in [5, 5.41) is 6.89. The lowest BCUT2D eigenvalue weighted by atomic mass is 9.97. The second-order valence-corrected chi connectivity index (χ2v) is 6.37. The Morgan fingerprint density at radius 1 is 1.30 bits per heavy atom. The maximum atomic E-state index is 11.7.